The lowest BCUT2D eigenvalue weighted by molar-refractivity contribution is -0.122. The van der Waals surface area contributed by atoms with Crippen LogP contribution in [0.25, 0.3) is 0 Å². The second-order valence-electron chi connectivity index (χ2n) is 4.42. The standard InChI is InChI=1S/C12H15FN4O2/c1-6-12(19)16-2-3-17(6)10-4-7(11(15)18)9(14)5-8(10)13/h4-6H,2-3,14H2,1H3,(H2,15,18)(H,16,19). The molecule has 5 N–H and O–H groups in total. The van der Waals surface area contributed by atoms with Gasteiger partial charge in [-0.3, -0.25) is 9.59 Å². The van der Waals surface area contributed by atoms with E-state index in [0.29, 0.717) is 13.1 Å². The highest BCUT2D eigenvalue weighted by molar-refractivity contribution is 5.99. The molecule has 2 amide bonds. The molecule has 6 nitrogen and oxygen atoms in total. The van der Waals surface area contributed by atoms with Crippen LogP contribution < -0.4 is 21.7 Å². The molecule has 1 unspecified atom stereocenters. The molecule has 0 saturated carbocycles. The number of hydrogen-bond acceptors (Lipinski definition) is 4. The average Bonchev–Trinajstić information content (AvgIpc) is 2.33. The molecule has 1 aromatic carbocycles. The number of carbonyl (C=O) groups excluding carboxylic acids is 2. The molecule has 1 aliphatic rings. The van der Waals surface area contributed by atoms with Crippen molar-refractivity contribution in [2.75, 3.05) is 23.7 Å². The Morgan fingerprint density at radius 2 is 2.21 bits per heavy atom. The molecule has 19 heavy (non-hydrogen) atoms. The fourth-order valence-corrected chi connectivity index (χ4v) is 2.12. The third-order valence-electron chi connectivity index (χ3n) is 3.19. The van der Waals surface area contributed by atoms with Gasteiger partial charge >= 0.3 is 0 Å². The van der Waals surface area contributed by atoms with Crippen LogP contribution in [0.3, 0.4) is 0 Å². The van der Waals surface area contributed by atoms with Crippen LogP contribution in [0, 0.1) is 5.82 Å². The zero-order chi connectivity index (χ0) is 14.2. The number of primary amides is 1. The number of nitrogen functional groups attached to an aromatic ring is 1. The largest absolute Gasteiger partial charge is 0.398 e. The fourth-order valence-electron chi connectivity index (χ4n) is 2.12. The number of carbonyl (C=O) groups is 2. The zero-order valence-corrected chi connectivity index (χ0v) is 10.4. The number of anilines is 2. The van der Waals surface area contributed by atoms with Gasteiger partial charge in [0.25, 0.3) is 5.91 Å². The summed E-state index contributed by atoms with van der Waals surface area (Å²) in [5.41, 5.74) is 10.9. The van der Waals surface area contributed by atoms with Crippen molar-refractivity contribution >= 4 is 23.2 Å². The number of nitrogens with one attached hydrogen (secondary N) is 1. The second-order valence-corrected chi connectivity index (χ2v) is 4.42. The van der Waals surface area contributed by atoms with E-state index in [4.69, 9.17) is 11.5 Å². The molecular formula is C12H15FN4O2. The highest BCUT2D eigenvalue weighted by Crippen LogP contribution is 2.27. The number of amides is 2. The normalized spacial score (nSPS) is 19.2. The number of hydrogen-bond donors (Lipinski definition) is 3. The van der Waals surface area contributed by atoms with Gasteiger partial charge in [0, 0.05) is 18.8 Å². The van der Waals surface area contributed by atoms with Crippen molar-refractivity contribution in [2.45, 2.75) is 13.0 Å². The molecule has 1 fully saturated rings. The topological polar surface area (TPSA) is 101 Å². The van der Waals surface area contributed by atoms with E-state index in [1.165, 1.54) is 6.07 Å². The highest BCUT2D eigenvalue weighted by Gasteiger charge is 2.28. The molecular weight excluding hydrogens is 251 g/mol. The lowest BCUT2D eigenvalue weighted by atomic mass is 10.1. The van der Waals surface area contributed by atoms with Crippen LogP contribution in [0.15, 0.2) is 12.1 Å². The van der Waals surface area contributed by atoms with Gasteiger partial charge in [0.15, 0.2) is 0 Å². The number of halogens is 1. The van der Waals surface area contributed by atoms with Crippen molar-refractivity contribution in [3.8, 4) is 0 Å². The van der Waals surface area contributed by atoms with Crippen molar-refractivity contribution in [2.24, 2.45) is 5.73 Å². The first-order valence-electron chi connectivity index (χ1n) is 5.85. The minimum Gasteiger partial charge on any atom is -0.398 e. The van der Waals surface area contributed by atoms with Gasteiger partial charge in [-0.15, -0.1) is 0 Å². The lowest BCUT2D eigenvalue weighted by Crippen LogP contribution is -2.54. The Kier molecular flexibility index (Phi) is 3.28. The Hall–Kier alpha value is -2.31. The smallest absolute Gasteiger partial charge is 0.250 e. The van der Waals surface area contributed by atoms with Gasteiger partial charge in [0.2, 0.25) is 5.91 Å². The minimum atomic E-state index is -0.729. The van der Waals surface area contributed by atoms with Gasteiger partial charge < -0.3 is 21.7 Å². The van der Waals surface area contributed by atoms with Crippen LogP contribution in [0.4, 0.5) is 15.8 Å². The third-order valence-corrected chi connectivity index (χ3v) is 3.19. The first kappa shape index (κ1) is 13.1. The Labute approximate surface area is 109 Å². The van der Waals surface area contributed by atoms with E-state index in [1.54, 1.807) is 11.8 Å². The van der Waals surface area contributed by atoms with Gasteiger partial charge in [0.05, 0.1) is 11.3 Å². The van der Waals surface area contributed by atoms with E-state index in [0.717, 1.165) is 6.07 Å². The van der Waals surface area contributed by atoms with E-state index < -0.39 is 17.8 Å². The van der Waals surface area contributed by atoms with E-state index in [9.17, 15) is 14.0 Å². The quantitative estimate of drug-likeness (QED) is 0.647. The molecule has 0 radical (unpaired) electrons. The first-order valence-corrected chi connectivity index (χ1v) is 5.85. The van der Waals surface area contributed by atoms with Crippen LogP contribution in [-0.4, -0.2) is 30.9 Å². The maximum Gasteiger partial charge on any atom is 0.250 e. The fraction of sp³-hybridized carbons (Fsp3) is 0.333. The average molecular weight is 266 g/mol. The van der Waals surface area contributed by atoms with Crippen molar-refractivity contribution in [3.63, 3.8) is 0 Å². The molecule has 1 aromatic rings. The van der Waals surface area contributed by atoms with Crippen molar-refractivity contribution in [1.82, 2.24) is 5.32 Å². The first-order chi connectivity index (χ1) is 8.91. The van der Waals surface area contributed by atoms with Crippen LogP contribution >= 0.6 is 0 Å². The van der Waals surface area contributed by atoms with Gasteiger partial charge in [-0.05, 0) is 19.1 Å². The Balaban J connectivity index is 2.46. The Morgan fingerprint density at radius 1 is 1.53 bits per heavy atom. The minimum absolute atomic E-state index is 0.0112. The number of piperazine rings is 1. The van der Waals surface area contributed by atoms with Gasteiger partial charge in [-0.1, -0.05) is 0 Å². The number of rotatable bonds is 2. The molecule has 2 rings (SSSR count). The van der Waals surface area contributed by atoms with Gasteiger partial charge in [-0.2, -0.15) is 0 Å². The summed E-state index contributed by atoms with van der Waals surface area (Å²) in [7, 11) is 0. The monoisotopic (exact) mass is 266 g/mol. The lowest BCUT2D eigenvalue weighted by Gasteiger charge is -2.35. The molecule has 0 aliphatic carbocycles. The molecule has 1 heterocycles. The van der Waals surface area contributed by atoms with E-state index >= 15 is 0 Å². The maximum atomic E-state index is 14.0. The van der Waals surface area contributed by atoms with Crippen LogP contribution in [-0.2, 0) is 4.79 Å². The predicted octanol–water partition coefficient (Wildman–Crippen LogP) is -0.169. The molecule has 1 atom stereocenters. The molecule has 7 heteroatoms. The molecule has 1 aliphatic heterocycles. The molecule has 102 valence electrons. The summed E-state index contributed by atoms with van der Waals surface area (Å²) in [6.45, 7) is 2.53. The predicted molar refractivity (Wildman–Crippen MR) is 69.1 cm³/mol. The van der Waals surface area contributed by atoms with E-state index in [2.05, 4.69) is 5.32 Å². The van der Waals surface area contributed by atoms with Crippen molar-refractivity contribution < 1.29 is 14.0 Å². The molecule has 0 spiro atoms. The highest BCUT2D eigenvalue weighted by atomic mass is 19.1. The SMILES string of the molecule is CC1C(=O)NCCN1c1cc(C(N)=O)c(N)cc1F. The summed E-state index contributed by atoms with van der Waals surface area (Å²) < 4.78 is 14.0. The number of benzene rings is 1. The van der Waals surface area contributed by atoms with Gasteiger partial charge in [0.1, 0.15) is 11.9 Å². The summed E-state index contributed by atoms with van der Waals surface area (Å²) in [5, 5.41) is 2.68. The van der Waals surface area contributed by atoms with E-state index in [-0.39, 0.29) is 22.8 Å². The third kappa shape index (κ3) is 2.31. The summed E-state index contributed by atoms with van der Waals surface area (Å²) in [6, 6.07) is 1.82. The molecule has 1 saturated heterocycles. The molecule has 0 bridgehead atoms. The van der Waals surface area contributed by atoms with Crippen LogP contribution in [0.2, 0.25) is 0 Å². The second kappa shape index (κ2) is 4.75. The van der Waals surface area contributed by atoms with Gasteiger partial charge in [-0.25, -0.2) is 4.39 Å². The number of nitrogens with zero attached hydrogens (tertiary/aromatic N) is 1. The van der Waals surface area contributed by atoms with Crippen molar-refractivity contribution in [3.05, 3.63) is 23.5 Å². The van der Waals surface area contributed by atoms with Crippen LogP contribution in [0.5, 0.6) is 0 Å². The maximum absolute atomic E-state index is 14.0. The zero-order valence-electron chi connectivity index (χ0n) is 10.4. The van der Waals surface area contributed by atoms with E-state index in [1.807, 2.05) is 0 Å². The van der Waals surface area contributed by atoms with Crippen LogP contribution in [0.1, 0.15) is 17.3 Å². The van der Waals surface area contributed by atoms with Crippen molar-refractivity contribution in [1.29, 1.82) is 0 Å². The molecule has 0 aromatic heterocycles. The summed E-state index contributed by atoms with van der Waals surface area (Å²) in [6.07, 6.45) is 0. The number of nitrogens with two attached hydrogens (primary N) is 2. The Morgan fingerprint density at radius 3 is 2.84 bits per heavy atom. The summed E-state index contributed by atoms with van der Waals surface area (Å²) in [5.74, 6) is -1.50. The summed E-state index contributed by atoms with van der Waals surface area (Å²) in [4.78, 5) is 24.4. The summed E-state index contributed by atoms with van der Waals surface area (Å²) >= 11 is 0. The Bertz CT molecular complexity index is 547.